The van der Waals surface area contributed by atoms with Crippen LogP contribution in [0.1, 0.15) is 38.2 Å². The Morgan fingerprint density at radius 2 is 1.80 bits per heavy atom. The van der Waals surface area contributed by atoms with E-state index in [0.29, 0.717) is 12.8 Å². The predicted molar refractivity (Wildman–Crippen MR) is 91.5 cm³/mol. The highest BCUT2D eigenvalue weighted by Gasteiger charge is 2.46. The monoisotopic (exact) mass is 347 g/mol. The highest BCUT2D eigenvalue weighted by molar-refractivity contribution is 5.83. The van der Waals surface area contributed by atoms with Crippen LogP contribution in [-0.2, 0) is 19.7 Å². The number of esters is 1. The number of piperidine rings is 1. The SMILES string of the molecule is COCC(C)(C(=O)OC1C[C@H]2CC[C@@H](C1)N2C(=O)O)c1ccccc1. The first-order valence-corrected chi connectivity index (χ1v) is 8.72. The van der Waals surface area contributed by atoms with E-state index in [9.17, 15) is 14.7 Å². The smallest absolute Gasteiger partial charge is 0.407 e. The summed E-state index contributed by atoms with van der Waals surface area (Å²) in [5.41, 5.74) is -0.0216. The van der Waals surface area contributed by atoms with Gasteiger partial charge in [-0.3, -0.25) is 4.79 Å². The Morgan fingerprint density at radius 3 is 2.32 bits per heavy atom. The largest absolute Gasteiger partial charge is 0.465 e. The lowest BCUT2D eigenvalue weighted by Crippen LogP contribution is -2.49. The van der Waals surface area contributed by atoms with Gasteiger partial charge in [-0.2, -0.15) is 0 Å². The van der Waals surface area contributed by atoms with Crippen LogP contribution in [0.4, 0.5) is 4.79 Å². The zero-order valence-electron chi connectivity index (χ0n) is 14.7. The van der Waals surface area contributed by atoms with E-state index in [0.717, 1.165) is 18.4 Å². The molecule has 0 aromatic heterocycles. The second kappa shape index (κ2) is 7.04. The molecule has 2 fully saturated rings. The van der Waals surface area contributed by atoms with Gasteiger partial charge in [0.15, 0.2) is 0 Å². The number of hydrogen-bond acceptors (Lipinski definition) is 4. The number of carboxylic acid groups (broad SMARTS) is 1. The molecule has 1 aromatic carbocycles. The Bertz CT molecular complexity index is 620. The summed E-state index contributed by atoms with van der Waals surface area (Å²) in [6.45, 7) is 2.06. The minimum absolute atomic E-state index is 0.0422. The van der Waals surface area contributed by atoms with Gasteiger partial charge in [-0.1, -0.05) is 30.3 Å². The number of ether oxygens (including phenoxy) is 2. The summed E-state index contributed by atoms with van der Waals surface area (Å²) in [7, 11) is 1.57. The molecule has 0 aliphatic carbocycles. The lowest BCUT2D eigenvalue weighted by Gasteiger charge is -2.38. The highest BCUT2D eigenvalue weighted by atomic mass is 16.5. The molecule has 2 aliphatic rings. The third kappa shape index (κ3) is 3.35. The molecule has 1 aromatic rings. The number of fused-ring (bicyclic) bond motifs is 2. The van der Waals surface area contributed by atoms with Gasteiger partial charge in [-0.25, -0.2) is 4.79 Å². The topological polar surface area (TPSA) is 76.1 Å². The maximum Gasteiger partial charge on any atom is 0.407 e. The molecule has 3 rings (SSSR count). The Balaban J connectivity index is 1.72. The van der Waals surface area contributed by atoms with Crippen molar-refractivity contribution in [2.24, 2.45) is 0 Å². The molecule has 0 saturated carbocycles. The zero-order valence-corrected chi connectivity index (χ0v) is 14.7. The number of carbonyl (C=O) groups is 2. The summed E-state index contributed by atoms with van der Waals surface area (Å²) >= 11 is 0. The predicted octanol–water partition coefficient (Wildman–Crippen LogP) is 2.81. The van der Waals surface area contributed by atoms with E-state index >= 15 is 0 Å². The van der Waals surface area contributed by atoms with Crippen molar-refractivity contribution in [2.75, 3.05) is 13.7 Å². The van der Waals surface area contributed by atoms with Crippen LogP contribution in [0, 0.1) is 0 Å². The maximum atomic E-state index is 12.9. The first-order valence-electron chi connectivity index (χ1n) is 8.72. The van der Waals surface area contributed by atoms with E-state index in [2.05, 4.69) is 0 Å². The van der Waals surface area contributed by atoms with Crippen LogP contribution in [0.15, 0.2) is 30.3 Å². The Morgan fingerprint density at radius 1 is 1.20 bits per heavy atom. The minimum atomic E-state index is -0.876. The van der Waals surface area contributed by atoms with Crippen LogP contribution in [0.5, 0.6) is 0 Å². The number of benzene rings is 1. The molecule has 2 aliphatic heterocycles. The molecule has 2 unspecified atom stereocenters. The molecule has 6 heteroatoms. The van der Waals surface area contributed by atoms with Gasteiger partial charge in [0, 0.05) is 32.0 Å². The third-order valence-corrected chi connectivity index (χ3v) is 5.48. The summed E-state index contributed by atoms with van der Waals surface area (Å²) in [6, 6.07) is 9.40. The van der Waals surface area contributed by atoms with E-state index in [1.165, 1.54) is 4.90 Å². The number of nitrogens with zero attached hydrogens (tertiary/aromatic N) is 1. The summed E-state index contributed by atoms with van der Waals surface area (Å²) in [6.07, 6.45) is 1.74. The molecule has 136 valence electrons. The summed E-state index contributed by atoms with van der Waals surface area (Å²) in [4.78, 5) is 25.9. The van der Waals surface area contributed by atoms with E-state index in [1.54, 1.807) is 7.11 Å². The van der Waals surface area contributed by atoms with Gasteiger partial charge in [-0.15, -0.1) is 0 Å². The van der Waals surface area contributed by atoms with Gasteiger partial charge < -0.3 is 19.5 Å². The average Bonchev–Trinajstić information content (AvgIpc) is 2.87. The van der Waals surface area contributed by atoms with Gasteiger partial charge in [-0.05, 0) is 25.3 Å². The molecule has 1 N–H and O–H groups in total. The van der Waals surface area contributed by atoms with Crippen molar-refractivity contribution in [1.82, 2.24) is 4.90 Å². The molecule has 0 radical (unpaired) electrons. The van der Waals surface area contributed by atoms with Crippen LogP contribution < -0.4 is 0 Å². The quantitative estimate of drug-likeness (QED) is 0.829. The van der Waals surface area contributed by atoms with Crippen LogP contribution >= 0.6 is 0 Å². The Hall–Kier alpha value is -2.08. The van der Waals surface area contributed by atoms with Crippen molar-refractivity contribution in [3.05, 3.63) is 35.9 Å². The molecule has 6 nitrogen and oxygen atoms in total. The number of amides is 1. The number of rotatable bonds is 5. The van der Waals surface area contributed by atoms with Gasteiger partial charge in [0.1, 0.15) is 11.5 Å². The number of methoxy groups -OCH3 is 1. The van der Waals surface area contributed by atoms with E-state index in [1.807, 2.05) is 37.3 Å². The normalized spacial score (nSPS) is 27.6. The fraction of sp³-hybridized carbons (Fsp3) is 0.579. The van der Waals surface area contributed by atoms with Crippen molar-refractivity contribution in [3.8, 4) is 0 Å². The fourth-order valence-corrected chi connectivity index (χ4v) is 4.17. The van der Waals surface area contributed by atoms with Crippen molar-refractivity contribution in [2.45, 2.75) is 56.2 Å². The molecular weight excluding hydrogens is 322 g/mol. The summed E-state index contributed by atoms with van der Waals surface area (Å²) in [5.74, 6) is -0.311. The van der Waals surface area contributed by atoms with Crippen molar-refractivity contribution in [1.29, 1.82) is 0 Å². The highest BCUT2D eigenvalue weighted by Crippen LogP contribution is 2.38. The van der Waals surface area contributed by atoms with E-state index < -0.39 is 11.5 Å². The van der Waals surface area contributed by atoms with Crippen molar-refractivity contribution < 1.29 is 24.2 Å². The fourth-order valence-electron chi connectivity index (χ4n) is 4.17. The summed E-state index contributed by atoms with van der Waals surface area (Å²) in [5, 5.41) is 9.34. The third-order valence-electron chi connectivity index (χ3n) is 5.48. The van der Waals surface area contributed by atoms with E-state index in [-0.39, 0.29) is 30.8 Å². The Labute approximate surface area is 147 Å². The van der Waals surface area contributed by atoms with Crippen molar-refractivity contribution in [3.63, 3.8) is 0 Å². The molecular formula is C19H25NO5. The number of hydrogen-bond donors (Lipinski definition) is 1. The van der Waals surface area contributed by atoms with Crippen molar-refractivity contribution >= 4 is 12.1 Å². The summed E-state index contributed by atoms with van der Waals surface area (Å²) < 4.78 is 11.1. The first kappa shape index (κ1) is 17.7. The lowest BCUT2D eigenvalue weighted by molar-refractivity contribution is -0.160. The average molecular weight is 347 g/mol. The van der Waals surface area contributed by atoms with Gasteiger partial charge in [0.05, 0.1) is 6.61 Å². The van der Waals surface area contributed by atoms with Crippen LogP contribution in [0.3, 0.4) is 0 Å². The molecule has 0 spiro atoms. The lowest BCUT2D eigenvalue weighted by atomic mass is 9.83. The first-order chi connectivity index (χ1) is 12.0. The Kier molecular flexibility index (Phi) is 4.99. The van der Waals surface area contributed by atoms with Crippen LogP contribution in [-0.4, -0.2) is 54.0 Å². The standard InChI is InChI=1S/C19H25NO5/c1-19(12-24-2,13-6-4-3-5-7-13)17(21)25-16-10-14-8-9-15(11-16)20(14)18(22)23/h3-7,14-16H,8-12H2,1-2H3,(H,22,23)/t14-,15+,16?,19?. The molecule has 2 bridgehead atoms. The van der Waals surface area contributed by atoms with Gasteiger partial charge in [0.2, 0.25) is 0 Å². The van der Waals surface area contributed by atoms with E-state index in [4.69, 9.17) is 9.47 Å². The molecule has 4 atom stereocenters. The number of carbonyl (C=O) groups excluding carboxylic acids is 1. The van der Waals surface area contributed by atoms with Crippen LogP contribution in [0.25, 0.3) is 0 Å². The molecule has 1 amide bonds. The van der Waals surface area contributed by atoms with Gasteiger partial charge >= 0.3 is 12.1 Å². The second-order valence-corrected chi connectivity index (χ2v) is 7.20. The zero-order chi connectivity index (χ0) is 18.0. The van der Waals surface area contributed by atoms with Gasteiger partial charge in [0.25, 0.3) is 0 Å². The molecule has 2 heterocycles. The van der Waals surface area contributed by atoms with Crippen LogP contribution in [0.2, 0.25) is 0 Å². The minimum Gasteiger partial charge on any atom is -0.465 e. The molecule has 25 heavy (non-hydrogen) atoms. The maximum absolute atomic E-state index is 12.9. The molecule has 2 saturated heterocycles. The second-order valence-electron chi connectivity index (χ2n) is 7.20.